The summed E-state index contributed by atoms with van der Waals surface area (Å²) in [4.78, 5) is 23.7. The van der Waals surface area contributed by atoms with Gasteiger partial charge < -0.3 is 25.0 Å². The van der Waals surface area contributed by atoms with Crippen LogP contribution in [0.2, 0.25) is 0 Å². The Morgan fingerprint density at radius 1 is 1.19 bits per heavy atom. The van der Waals surface area contributed by atoms with Gasteiger partial charge >= 0.3 is 6.16 Å². The van der Waals surface area contributed by atoms with Crippen molar-refractivity contribution in [1.29, 1.82) is 0 Å². The van der Waals surface area contributed by atoms with Gasteiger partial charge in [0.15, 0.2) is 0 Å². The van der Waals surface area contributed by atoms with Crippen LogP contribution < -0.4 is 10.1 Å². The second-order valence-corrected chi connectivity index (χ2v) is 7.23. The molecule has 7 heteroatoms. The van der Waals surface area contributed by atoms with Gasteiger partial charge in [-0.3, -0.25) is 4.79 Å². The minimum Gasteiger partial charge on any atom is -0.428 e. The molecular weight excluding hydrogens is 350 g/mol. The number of anilines is 1. The lowest BCUT2D eigenvalue weighted by atomic mass is 9.97. The van der Waals surface area contributed by atoms with E-state index >= 15 is 0 Å². The van der Waals surface area contributed by atoms with Gasteiger partial charge in [0.05, 0.1) is 12.7 Å². The van der Waals surface area contributed by atoms with E-state index in [9.17, 15) is 19.8 Å². The van der Waals surface area contributed by atoms with Crippen molar-refractivity contribution < 1.29 is 29.3 Å². The average molecular weight is 375 g/mol. The van der Waals surface area contributed by atoms with Crippen LogP contribution in [0, 0.1) is 0 Å². The van der Waals surface area contributed by atoms with Crippen molar-refractivity contribution >= 4 is 28.5 Å². The number of nitrogens with one attached hydrogen (secondary N) is 1. The van der Waals surface area contributed by atoms with E-state index in [1.807, 2.05) is 0 Å². The van der Waals surface area contributed by atoms with E-state index in [-0.39, 0.29) is 18.1 Å². The molecule has 1 amide bonds. The predicted molar refractivity (Wildman–Crippen MR) is 102 cm³/mol. The summed E-state index contributed by atoms with van der Waals surface area (Å²) >= 11 is 0. The van der Waals surface area contributed by atoms with Crippen LogP contribution in [0.15, 0.2) is 30.3 Å². The topological polar surface area (TPSA) is 105 Å². The number of benzene rings is 2. The van der Waals surface area contributed by atoms with E-state index in [4.69, 9.17) is 9.47 Å². The first kappa shape index (κ1) is 20.7. The second-order valence-electron chi connectivity index (χ2n) is 7.23. The third-order valence-corrected chi connectivity index (χ3v) is 3.66. The molecule has 2 rings (SSSR count). The Labute approximate surface area is 157 Å². The van der Waals surface area contributed by atoms with Gasteiger partial charge in [0.1, 0.15) is 11.4 Å². The quantitative estimate of drug-likeness (QED) is 0.548. The molecule has 0 radical (unpaired) electrons. The standard InChI is InChI=1S/C20H25NO6/c1-12(23)21-17-10-18(26-19(25)27-20(2,3)4)15-8-6-5-7-14(15)16(17)9-13(24)11-22/h5-8,10,13,22,24H,9,11H2,1-4H3,(H,21,23). The first-order valence-corrected chi connectivity index (χ1v) is 8.62. The number of rotatable bonds is 5. The Kier molecular flexibility index (Phi) is 6.41. The molecule has 3 N–H and O–H groups in total. The van der Waals surface area contributed by atoms with Crippen LogP contribution in [-0.2, 0) is 16.0 Å². The molecule has 7 nitrogen and oxygen atoms in total. The van der Waals surface area contributed by atoms with Gasteiger partial charge in [0, 0.05) is 30.5 Å². The van der Waals surface area contributed by atoms with E-state index in [1.54, 1.807) is 45.0 Å². The van der Waals surface area contributed by atoms with Crippen LogP contribution in [0.5, 0.6) is 5.75 Å². The molecule has 0 aliphatic carbocycles. The summed E-state index contributed by atoms with van der Waals surface area (Å²) in [6.45, 7) is 6.14. The lowest BCUT2D eigenvalue weighted by Crippen LogP contribution is -2.26. The minimum atomic E-state index is -0.987. The van der Waals surface area contributed by atoms with Crippen molar-refractivity contribution in [2.24, 2.45) is 0 Å². The van der Waals surface area contributed by atoms with Gasteiger partial charge in [-0.25, -0.2) is 4.79 Å². The fourth-order valence-corrected chi connectivity index (χ4v) is 2.67. The summed E-state index contributed by atoms with van der Waals surface area (Å²) in [5.74, 6) is -0.0842. The van der Waals surface area contributed by atoms with Crippen LogP contribution in [0.1, 0.15) is 33.3 Å². The highest BCUT2D eigenvalue weighted by atomic mass is 16.7. The van der Waals surface area contributed by atoms with Gasteiger partial charge in [0.25, 0.3) is 0 Å². The summed E-state index contributed by atoms with van der Waals surface area (Å²) < 4.78 is 10.6. The highest BCUT2D eigenvalue weighted by Gasteiger charge is 2.21. The van der Waals surface area contributed by atoms with Gasteiger partial charge in [-0.1, -0.05) is 24.3 Å². The molecule has 0 spiro atoms. The third kappa shape index (κ3) is 5.67. The van der Waals surface area contributed by atoms with Crippen molar-refractivity contribution in [2.75, 3.05) is 11.9 Å². The molecule has 0 saturated carbocycles. The minimum absolute atomic E-state index is 0.124. The molecule has 0 aliphatic rings. The van der Waals surface area contributed by atoms with Crippen molar-refractivity contribution in [3.8, 4) is 5.75 Å². The van der Waals surface area contributed by atoms with E-state index < -0.39 is 24.5 Å². The van der Waals surface area contributed by atoms with Crippen LogP contribution in [0.25, 0.3) is 10.8 Å². The SMILES string of the molecule is CC(=O)Nc1cc(OC(=O)OC(C)(C)C)c2ccccc2c1CC(O)CO. The number of aliphatic hydroxyl groups is 2. The number of amides is 1. The number of carbonyl (C=O) groups is 2. The fourth-order valence-electron chi connectivity index (χ4n) is 2.67. The molecule has 1 unspecified atom stereocenters. The zero-order valence-electron chi connectivity index (χ0n) is 15.9. The first-order valence-electron chi connectivity index (χ1n) is 8.62. The molecule has 146 valence electrons. The Morgan fingerprint density at radius 3 is 2.37 bits per heavy atom. The molecule has 2 aromatic carbocycles. The molecule has 0 fully saturated rings. The van der Waals surface area contributed by atoms with E-state index in [0.717, 1.165) is 0 Å². The van der Waals surface area contributed by atoms with Crippen molar-refractivity contribution in [1.82, 2.24) is 0 Å². The monoisotopic (exact) mass is 375 g/mol. The number of ether oxygens (including phenoxy) is 2. The molecule has 2 aromatic rings. The second kappa shape index (κ2) is 8.37. The Bertz CT molecular complexity index is 840. The van der Waals surface area contributed by atoms with Crippen LogP contribution >= 0.6 is 0 Å². The maximum absolute atomic E-state index is 12.1. The summed E-state index contributed by atoms with van der Waals surface area (Å²) in [5, 5.41) is 23.1. The Balaban J connectivity index is 2.56. The van der Waals surface area contributed by atoms with Gasteiger partial charge in [-0.2, -0.15) is 0 Å². The summed E-state index contributed by atoms with van der Waals surface area (Å²) in [5.41, 5.74) is 0.324. The van der Waals surface area contributed by atoms with Gasteiger partial charge in [-0.15, -0.1) is 0 Å². The summed E-state index contributed by atoms with van der Waals surface area (Å²) in [6.07, 6.45) is -1.72. The Hall–Kier alpha value is -2.64. The predicted octanol–water partition coefficient (Wildman–Crippen LogP) is 3.01. The van der Waals surface area contributed by atoms with Crippen LogP contribution in [-0.4, -0.2) is 40.6 Å². The molecule has 0 aromatic heterocycles. The summed E-state index contributed by atoms with van der Waals surface area (Å²) in [7, 11) is 0. The molecule has 0 heterocycles. The molecule has 0 saturated heterocycles. The third-order valence-electron chi connectivity index (χ3n) is 3.66. The maximum atomic E-state index is 12.1. The van der Waals surface area contributed by atoms with Gasteiger partial charge in [-0.05, 0) is 31.7 Å². The average Bonchev–Trinajstić information content (AvgIpc) is 2.55. The first-order chi connectivity index (χ1) is 12.6. The number of fused-ring (bicyclic) bond motifs is 1. The zero-order chi connectivity index (χ0) is 20.2. The molecule has 27 heavy (non-hydrogen) atoms. The Morgan fingerprint density at radius 2 is 1.81 bits per heavy atom. The zero-order valence-corrected chi connectivity index (χ0v) is 15.9. The smallest absolute Gasteiger partial charge is 0.428 e. The number of hydrogen-bond acceptors (Lipinski definition) is 6. The molecular formula is C20H25NO6. The van der Waals surface area contributed by atoms with Crippen molar-refractivity contribution in [3.63, 3.8) is 0 Å². The normalized spacial score (nSPS) is 12.5. The van der Waals surface area contributed by atoms with Crippen molar-refractivity contribution in [2.45, 2.75) is 45.8 Å². The molecule has 1 atom stereocenters. The van der Waals surface area contributed by atoms with Crippen LogP contribution in [0.4, 0.5) is 10.5 Å². The fraction of sp³-hybridized carbons (Fsp3) is 0.400. The summed E-state index contributed by atoms with van der Waals surface area (Å²) in [6, 6.07) is 8.66. The lowest BCUT2D eigenvalue weighted by molar-refractivity contribution is -0.114. The number of carbonyl (C=O) groups excluding carboxylic acids is 2. The van der Waals surface area contributed by atoms with E-state index in [0.29, 0.717) is 22.0 Å². The lowest BCUT2D eigenvalue weighted by Gasteiger charge is -2.21. The van der Waals surface area contributed by atoms with E-state index in [1.165, 1.54) is 13.0 Å². The molecule has 0 aliphatic heterocycles. The van der Waals surface area contributed by atoms with Crippen LogP contribution in [0.3, 0.4) is 0 Å². The number of aliphatic hydroxyl groups excluding tert-OH is 2. The van der Waals surface area contributed by atoms with Crippen molar-refractivity contribution in [3.05, 3.63) is 35.9 Å². The highest BCUT2D eigenvalue weighted by Crippen LogP contribution is 2.36. The van der Waals surface area contributed by atoms with Gasteiger partial charge in [0.2, 0.25) is 5.91 Å². The highest BCUT2D eigenvalue weighted by molar-refractivity contribution is 6.00. The largest absolute Gasteiger partial charge is 0.514 e. The van der Waals surface area contributed by atoms with E-state index in [2.05, 4.69) is 5.32 Å². The molecule has 0 bridgehead atoms. The maximum Gasteiger partial charge on any atom is 0.514 e. The number of hydrogen-bond donors (Lipinski definition) is 3.